The number of unbranched alkanes of at least 4 members (excludes halogenated alkanes) is 1. The molecule has 15 heavy (non-hydrogen) atoms. The summed E-state index contributed by atoms with van der Waals surface area (Å²) in [5, 5.41) is 2.97. The maximum Gasteiger partial charge on any atom is 0.217 e. The molecule has 0 bridgehead atoms. The lowest BCUT2D eigenvalue weighted by Crippen LogP contribution is -2.36. The molecule has 0 aromatic carbocycles. The minimum Gasteiger partial charge on any atom is -0.354 e. The molecule has 0 heterocycles. The summed E-state index contributed by atoms with van der Waals surface area (Å²) in [7, 11) is 0. The second kappa shape index (κ2) is 6.81. The summed E-state index contributed by atoms with van der Waals surface area (Å²) in [5.41, 5.74) is 0. The Morgan fingerprint density at radius 2 is 1.93 bits per heavy atom. The summed E-state index contributed by atoms with van der Waals surface area (Å²) in [5.74, 6) is 0.845. The van der Waals surface area contributed by atoms with E-state index in [1.165, 1.54) is 12.8 Å². The molecular formula is C12H22FNO. The minimum absolute atomic E-state index is 0.0795. The van der Waals surface area contributed by atoms with Crippen molar-refractivity contribution < 1.29 is 9.18 Å². The second-order valence-electron chi connectivity index (χ2n) is 4.60. The highest BCUT2D eigenvalue weighted by Gasteiger charge is 2.20. The molecule has 0 atom stereocenters. The average molecular weight is 215 g/mol. The van der Waals surface area contributed by atoms with Gasteiger partial charge in [-0.25, -0.2) is 0 Å². The Balaban J connectivity index is 2.10. The van der Waals surface area contributed by atoms with Crippen molar-refractivity contribution >= 4 is 5.91 Å². The molecular weight excluding hydrogens is 193 g/mol. The number of hydrogen-bond donors (Lipinski definition) is 1. The number of amides is 1. The minimum atomic E-state index is -0.179. The number of hydrogen-bond acceptors (Lipinski definition) is 1. The van der Waals surface area contributed by atoms with Crippen molar-refractivity contribution in [2.24, 2.45) is 5.92 Å². The van der Waals surface area contributed by atoms with Crippen LogP contribution >= 0.6 is 0 Å². The van der Waals surface area contributed by atoms with E-state index in [2.05, 4.69) is 5.32 Å². The normalized spacial score (nSPS) is 26.3. The molecule has 0 unspecified atom stereocenters. The van der Waals surface area contributed by atoms with Gasteiger partial charge in [-0.3, -0.25) is 9.18 Å². The quantitative estimate of drug-likeness (QED) is 0.702. The van der Waals surface area contributed by atoms with Crippen molar-refractivity contribution in [2.45, 2.75) is 57.9 Å². The van der Waals surface area contributed by atoms with Gasteiger partial charge >= 0.3 is 0 Å². The fourth-order valence-electron chi connectivity index (χ4n) is 2.41. The van der Waals surface area contributed by atoms with Crippen molar-refractivity contribution in [3.8, 4) is 0 Å². The van der Waals surface area contributed by atoms with Crippen LogP contribution in [0.25, 0.3) is 0 Å². The van der Waals surface area contributed by atoms with Gasteiger partial charge in [0, 0.05) is 13.0 Å². The van der Waals surface area contributed by atoms with E-state index < -0.39 is 0 Å². The van der Waals surface area contributed by atoms with Crippen LogP contribution in [0.5, 0.6) is 0 Å². The van der Waals surface area contributed by atoms with Gasteiger partial charge in [0.25, 0.3) is 0 Å². The zero-order valence-corrected chi connectivity index (χ0v) is 9.60. The van der Waals surface area contributed by atoms with Crippen molar-refractivity contribution in [2.75, 3.05) is 6.67 Å². The zero-order valence-electron chi connectivity index (χ0n) is 9.60. The molecule has 2 nitrogen and oxygen atoms in total. The first kappa shape index (κ1) is 12.5. The smallest absolute Gasteiger partial charge is 0.217 e. The molecule has 88 valence electrons. The lowest BCUT2D eigenvalue weighted by Gasteiger charge is -2.28. The first-order chi connectivity index (χ1) is 7.22. The molecule has 0 aliphatic heterocycles. The van der Waals surface area contributed by atoms with Crippen LogP contribution in [0.3, 0.4) is 0 Å². The van der Waals surface area contributed by atoms with E-state index in [1.807, 2.05) is 0 Å². The van der Waals surface area contributed by atoms with E-state index >= 15 is 0 Å². The summed E-state index contributed by atoms with van der Waals surface area (Å²) in [4.78, 5) is 10.9. The molecule has 1 aliphatic carbocycles. The third-order valence-electron chi connectivity index (χ3n) is 3.25. The van der Waals surface area contributed by atoms with E-state index in [0.29, 0.717) is 12.5 Å². The first-order valence-electron chi connectivity index (χ1n) is 6.05. The monoisotopic (exact) mass is 215 g/mol. The van der Waals surface area contributed by atoms with Gasteiger partial charge in [-0.15, -0.1) is 0 Å². The number of nitrogens with one attached hydrogen (secondary N) is 1. The van der Waals surface area contributed by atoms with Crippen LogP contribution in [0.1, 0.15) is 51.9 Å². The van der Waals surface area contributed by atoms with Crippen LogP contribution in [0.15, 0.2) is 0 Å². The molecule has 3 heteroatoms. The molecule has 0 aromatic heterocycles. The van der Waals surface area contributed by atoms with Crippen molar-refractivity contribution in [1.82, 2.24) is 5.32 Å². The Morgan fingerprint density at radius 1 is 1.27 bits per heavy atom. The van der Waals surface area contributed by atoms with E-state index in [4.69, 9.17) is 0 Å². The summed E-state index contributed by atoms with van der Waals surface area (Å²) in [6, 6.07) is 0.389. The van der Waals surface area contributed by atoms with Gasteiger partial charge in [-0.05, 0) is 38.0 Å². The fourth-order valence-corrected chi connectivity index (χ4v) is 2.41. The van der Waals surface area contributed by atoms with Crippen molar-refractivity contribution in [1.29, 1.82) is 0 Å². The van der Waals surface area contributed by atoms with Gasteiger partial charge in [0.15, 0.2) is 0 Å². The topological polar surface area (TPSA) is 29.1 Å². The van der Waals surface area contributed by atoms with Crippen molar-refractivity contribution in [3.63, 3.8) is 0 Å². The number of carbonyl (C=O) groups is 1. The Hall–Kier alpha value is -0.600. The predicted octanol–water partition coefficient (Wildman–Crippen LogP) is 2.82. The Morgan fingerprint density at radius 3 is 2.47 bits per heavy atom. The van der Waals surface area contributed by atoms with Crippen molar-refractivity contribution in [3.05, 3.63) is 0 Å². The van der Waals surface area contributed by atoms with E-state index in [9.17, 15) is 9.18 Å². The van der Waals surface area contributed by atoms with E-state index in [-0.39, 0.29) is 12.6 Å². The SMILES string of the molecule is CC(=O)NC1CCC(CCCCF)CC1. The van der Waals surface area contributed by atoms with Crippen LogP contribution < -0.4 is 5.32 Å². The van der Waals surface area contributed by atoms with Gasteiger partial charge < -0.3 is 5.32 Å². The van der Waals surface area contributed by atoms with Crippen LogP contribution in [0, 0.1) is 5.92 Å². The molecule has 1 rings (SSSR count). The Labute approximate surface area is 91.6 Å². The summed E-state index contributed by atoms with van der Waals surface area (Å²) < 4.78 is 11.9. The summed E-state index contributed by atoms with van der Waals surface area (Å²) in [6.07, 6.45) is 7.47. The summed E-state index contributed by atoms with van der Waals surface area (Å²) >= 11 is 0. The zero-order chi connectivity index (χ0) is 11.1. The fraction of sp³-hybridized carbons (Fsp3) is 0.917. The molecule has 1 amide bonds. The van der Waals surface area contributed by atoms with Gasteiger partial charge in [-0.2, -0.15) is 0 Å². The lowest BCUT2D eigenvalue weighted by molar-refractivity contribution is -0.119. The lowest BCUT2D eigenvalue weighted by atomic mass is 9.83. The van der Waals surface area contributed by atoms with Crippen LogP contribution in [0.4, 0.5) is 4.39 Å². The van der Waals surface area contributed by atoms with Crippen LogP contribution in [0.2, 0.25) is 0 Å². The third-order valence-corrected chi connectivity index (χ3v) is 3.25. The maximum atomic E-state index is 11.9. The van der Waals surface area contributed by atoms with Gasteiger partial charge in [0.1, 0.15) is 0 Å². The van der Waals surface area contributed by atoms with Gasteiger partial charge in [0.05, 0.1) is 6.67 Å². The molecule has 1 saturated carbocycles. The second-order valence-corrected chi connectivity index (χ2v) is 4.60. The standard InChI is InChI=1S/C12H22FNO/c1-10(15)14-12-7-5-11(6-8-12)4-2-3-9-13/h11-12H,2-9H2,1H3,(H,14,15). The maximum absolute atomic E-state index is 11.9. The molecule has 1 fully saturated rings. The highest BCUT2D eigenvalue weighted by Crippen LogP contribution is 2.28. The molecule has 0 saturated heterocycles. The first-order valence-corrected chi connectivity index (χ1v) is 6.05. The van der Waals surface area contributed by atoms with Crippen LogP contribution in [-0.2, 0) is 4.79 Å². The Bertz CT molecular complexity index is 188. The highest BCUT2D eigenvalue weighted by atomic mass is 19.1. The van der Waals surface area contributed by atoms with Crippen LogP contribution in [-0.4, -0.2) is 18.6 Å². The number of halogens is 1. The van der Waals surface area contributed by atoms with E-state index in [0.717, 1.165) is 31.6 Å². The van der Waals surface area contributed by atoms with E-state index in [1.54, 1.807) is 6.92 Å². The number of carbonyl (C=O) groups excluding carboxylic acids is 1. The highest BCUT2D eigenvalue weighted by molar-refractivity contribution is 5.73. The van der Waals surface area contributed by atoms with Gasteiger partial charge in [-0.1, -0.05) is 12.8 Å². The predicted molar refractivity (Wildman–Crippen MR) is 59.4 cm³/mol. The Kier molecular flexibility index (Phi) is 5.66. The third kappa shape index (κ3) is 5.14. The molecule has 0 radical (unpaired) electrons. The molecule has 0 spiro atoms. The largest absolute Gasteiger partial charge is 0.354 e. The average Bonchev–Trinajstić information content (AvgIpc) is 2.20. The summed E-state index contributed by atoms with van der Waals surface area (Å²) in [6.45, 7) is 1.40. The molecule has 1 N–H and O–H groups in total. The van der Waals surface area contributed by atoms with Gasteiger partial charge in [0.2, 0.25) is 5.91 Å². The number of rotatable bonds is 5. The number of alkyl halides is 1. The molecule has 1 aliphatic rings. The molecule has 0 aromatic rings.